The highest BCUT2D eigenvalue weighted by Crippen LogP contribution is 2.21. The van der Waals surface area contributed by atoms with Crippen molar-refractivity contribution in [1.82, 2.24) is 10.2 Å². The van der Waals surface area contributed by atoms with E-state index in [-0.39, 0.29) is 0 Å². The van der Waals surface area contributed by atoms with E-state index in [1.807, 2.05) is 0 Å². The largest absolute Gasteiger partial charge is 0.383 e. The van der Waals surface area contributed by atoms with Gasteiger partial charge in [0.15, 0.2) is 0 Å². The molecule has 1 atom stereocenters. The van der Waals surface area contributed by atoms with E-state index in [4.69, 9.17) is 9.47 Å². The number of ether oxygens (including phenoxy) is 2. The predicted octanol–water partition coefficient (Wildman–Crippen LogP) is 0.723. The van der Waals surface area contributed by atoms with Crippen LogP contribution in [-0.4, -0.2) is 64.1 Å². The maximum Gasteiger partial charge on any atom is 0.0622 e. The molecule has 0 saturated carbocycles. The number of rotatable bonds is 6. The molecule has 2 heterocycles. The molecule has 1 N–H and O–H groups in total. The number of hydrogen-bond donors (Lipinski definition) is 1. The van der Waals surface area contributed by atoms with Gasteiger partial charge in [-0.25, -0.2) is 0 Å². The number of hydrogen-bond acceptors (Lipinski definition) is 4. The van der Waals surface area contributed by atoms with Crippen molar-refractivity contribution in [3.8, 4) is 0 Å². The summed E-state index contributed by atoms with van der Waals surface area (Å²) in [5.74, 6) is 0.852. The van der Waals surface area contributed by atoms with Crippen LogP contribution in [0.3, 0.4) is 0 Å². The topological polar surface area (TPSA) is 33.7 Å². The molecular weight excluding hydrogens is 216 g/mol. The first-order valence-electron chi connectivity index (χ1n) is 6.91. The molecule has 0 spiro atoms. The van der Waals surface area contributed by atoms with Crippen molar-refractivity contribution in [3.05, 3.63) is 0 Å². The van der Waals surface area contributed by atoms with Gasteiger partial charge in [0.1, 0.15) is 0 Å². The van der Waals surface area contributed by atoms with Crippen molar-refractivity contribution in [2.75, 3.05) is 53.1 Å². The Morgan fingerprint density at radius 1 is 1.29 bits per heavy atom. The summed E-state index contributed by atoms with van der Waals surface area (Å²) in [6, 6.07) is 0.706. The van der Waals surface area contributed by atoms with Gasteiger partial charge in [-0.1, -0.05) is 0 Å². The summed E-state index contributed by atoms with van der Waals surface area (Å²) in [5, 5.41) is 3.47. The molecule has 2 saturated heterocycles. The Bertz CT molecular complexity index is 200. The maximum atomic E-state index is 5.46. The Hall–Kier alpha value is -0.160. The van der Waals surface area contributed by atoms with Crippen LogP contribution in [0.4, 0.5) is 0 Å². The Balaban J connectivity index is 1.57. The van der Waals surface area contributed by atoms with E-state index in [0.717, 1.165) is 38.8 Å². The SMILES string of the molecule is COCCNCC1CCN(C2CCOC2)CC1. The third-order valence-corrected chi connectivity index (χ3v) is 3.99. The van der Waals surface area contributed by atoms with Gasteiger partial charge < -0.3 is 14.8 Å². The fraction of sp³-hybridized carbons (Fsp3) is 1.00. The van der Waals surface area contributed by atoms with Gasteiger partial charge in [-0.15, -0.1) is 0 Å². The van der Waals surface area contributed by atoms with E-state index in [1.54, 1.807) is 7.11 Å². The summed E-state index contributed by atoms with van der Waals surface area (Å²) >= 11 is 0. The van der Waals surface area contributed by atoms with E-state index in [9.17, 15) is 0 Å². The molecule has 0 aromatic heterocycles. The molecule has 0 radical (unpaired) electrons. The van der Waals surface area contributed by atoms with Gasteiger partial charge in [-0.05, 0) is 44.8 Å². The van der Waals surface area contributed by atoms with Gasteiger partial charge >= 0.3 is 0 Å². The zero-order valence-corrected chi connectivity index (χ0v) is 11.0. The third-order valence-electron chi connectivity index (χ3n) is 3.99. The molecule has 2 fully saturated rings. The summed E-state index contributed by atoms with van der Waals surface area (Å²) in [7, 11) is 1.75. The first-order valence-corrected chi connectivity index (χ1v) is 6.91. The highest BCUT2D eigenvalue weighted by atomic mass is 16.5. The summed E-state index contributed by atoms with van der Waals surface area (Å²) in [6.07, 6.45) is 3.89. The maximum absolute atomic E-state index is 5.46. The van der Waals surface area contributed by atoms with E-state index in [0.29, 0.717) is 6.04 Å². The monoisotopic (exact) mass is 242 g/mol. The molecular formula is C13H26N2O2. The number of likely N-dealkylation sites (tertiary alicyclic amines) is 1. The molecule has 4 heteroatoms. The zero-order chi connectivity index (χ0) is 11.9. The van der Waals surface area contributed by atoms with Crippen LogP contribution in [-0.2, 0) is 9.47 Å². The van der Waals surface area contributed by atoms with Crippen LogP contribution in [0.2, 0.25) is 0 Å². The van der Waals surface area contributed by atoms with Crippen molar-refractivity contribution in [1.29, 1.82) is 0 Å². The van der Waals surface area contributed by atoms with E-state index in [1.165, 1.54) is 32.4 Å². The lowest BCUT2D eigenvalue weighted by atomic mass is 9.95. The molecule has 2 aliphatic rings. The number of piperidine rings is 1. The van der Waals surface area contributed by atoms with Gasteiger partial charge in [-0.2, -0.15) is 0 Å². The molecule has 0 aromatic carbocycles. The van der Waals surface area contributed by atoms with Gasteiger partial charge in [0.2, 0.25) is 0 Å². The molecule has 0 aromatic rings. The smallest absolute Gasteiger partial charge is 0.0622 e. The molecule has 4 nitrogen and oxygen atoms in total. The van der Waals surface area contributed by atoms with E-state index >= 15 is 0 Å². The summed E-state index contributed by atoms with van der Waals surface area (Å²) in [6.45, 7) is 7.37. The molecule has 2 aliphatic heterocycles. The van der Waals surface area contributed by atoms with Gasteiger partial charge in [0.05, 0.1) is 13.2 Å². The van der Waals surface area contributed by atoms with Gasteiger partial charge in [-0.3, -0.25) is 4.90 Å². The number of methoxy groups -OCH3 is 1. The van der Waals surface area contributed by atoms with Crippen molar-refractivity contribution >= 4 is 0 Å². The minimum atomic E-state index is 0.706. The van der Waals surface area contributed by atoms with Gasteiger partial charge in [0.25, 0.3) is 0 Å². The third kappa shape index (κ3) is 4.21. The van der Waals surface area contributed by atoms with Crippen LogP contribution >= 0.6 is 0 Å². The van der Waals surface area contributed by atoms with E-state index in [2.05, 4.69) is 10.2 Å². The van der Waals surface area contributed by atoms with Crippen molar-refractivity contribution in [2.45, 2.75) is 25.3 Å². The normalized spacial score (nSPS) is 27.7. The fourth-order valence-electron chi connectivity index (χ4n) is 2.81. The standard InChI is InChI=1S/C13H26N2O2/c1-16-9-5-14-10-12-2-6-15(7-3-12)13-4-8-17-11-13/h12-14H,2-11H2,1H3. The number of nitrogens with zero attached hydrogens (tertiary/aromatic N) is 1. The Morgan fingerprint density at radius 2 is 2.12 bits per heavy atom. The van der Waals surface area contributed by atoms with Crippen molar-refractivity contribution in [3.63, 3.8) is 0 Å². The van der Waals surface area contributed by atoms with E-state index < -0.39 is 0 Å². The second-order valence-corrected chi connectivity index (χ2v) is 5.19. The van der Waals surface area contributed by atoms with Crippen molar-refractivity contribution < 1.29 is 9.47 Å². The Morgan fingerprint density at radius 3 is 2.76 bits per heavy atom. The van der Waals surface area contributed by atoms with Crippen LogP contribution in [0.5, 0.6) is 0 Å². The molecule has 0 amide bonds. The molecule has 1 unspecified atom stereocenters. The summed E-state index contributed by atoms with van der Waals surface area (Å²) in [4.78, 5) is 2.62. The average Bonchev–Trinajstić information content (AvgIpc) is 2.89. The molecule has 2 rings (SSSR count). The second kappa shape index (κ2) is 7.31. The fourth-order valence-corrected chi connectivity index (χ4v) is 2.81. The highest BCUT2D eigenvalue weighted by Gasteiger charge is 2.27. The Kier molecular flexibility index (Phi) is 5.71. The zero-order valence-electron chi connectivity index (χ0n) is 11.0. The first kappa shape index (κ1) is 13.3. The summed E-state index contributed by atoms with van der Waals surface area (Å²) in [5.41, 5.74) is 0. The first-order chi connectivity index (χ1) is 8.40. The molecule has 0 aliphatic carbocycles. The minimum absolute atomic E-state index is 0.706. The average molecular weight is 242 g/mol. The predicted molar refractivity (Wildman–Crippen MR) is 68.3 cm³/mol. The van der Waals surface area contributed by atoms with Crippen LogP contribution in [0.1, 0.15) is 19.3 Å². The molecule has 17 heavy (non-hydrogen) atoms. The summed E-state index contributed by atoms with van der Waals surface area (Å²) < 4.78 is 10.5. The quantitative estimate of drug-likeness (QED) is 0.696. The Labute approximate surface area is 105 Å². The van der Waals surface area contributed by atoms with Crippen LogP contribution in [0, 0.1) is 5.92 Å². The van der Waals surface area contributed by atoms with Crippen LogP contribution in [0.15, 0.2) is 0 Å². The van der Waals surface area contributed by atoms with Crippen LogP contribution in [0.25, 0.3) is 0 Å². The van der Waals surface area contributed by atoms with Crippen molar-refractivity contribution in [2.24, 2.45) is 5.92 Å². The van der Waals surface area contributed by atoms with Crippen LogP contribution < -0.4 is 5.32 Å². The lowest BCUT2D eigenvalue weighted by molar-refractivity contribution is 0.109. The number of nitrogens with one attached hydrogen (secondary N) is 1. The minimum Gasteiger partial charge on any atom is -0.383 e. The molecule has 0 bridgehead atoms. The lowest BCUT2D eigenvalue weighted by Crippen LogP contribution is -2.43. The highest BCUT2D eigenvalue weighted by molar-refractivity contribution is 4.81. The van der Waals surface area contributed by atoms with Gasteiger partial charge in [0, 0.05) is 26.3 Å². The lowest BCUT2D eigenvalue weighted by Gasteiger charge is -2.35. The second-order valence-electron chi connectivity index (χ2n) is 5.19. The molecule has 100 valence electrons.